The van der Waals surface area contributed by atoms with Crippen molar-refractivity contribution in [2.24, 2.45) is 0 Å². The Bertz CT molecular complexity index is 910. The summed E-state index contributed by atoms with van der Waals surface area (Å²) in [4.78, 5) is 30.1. The van der Waals surface area contributed by atoms with Gasteiger partial charge in [-0.25, -0.2) is 13.2 Å². The Morgan fingerprint density at radius 3 is 2.32 bits per heavy atom. The van der Waals surface area contributed by atoms with Crippen LogP contribution in [0.3, 0.4) is 0 Å². The minimum Gasteiger partial charge on any atom is -0.331 e. The number of hydrogen-bond donors (Lipinski definition) is 1. The van der Waals surface area contributed by atoms with Crippen molar-refractivity contribution >= 4 is 39.2 Å². The van der Waals surface area contributed by atoms with Crippen LogP contribution in [0.25, 0.3) is 0 Å². The largest absolute Gasteiger partial charge is 0.331 e. The first-order valence-electron chi connectivity index (χ1n) is 10.5. The summed E-state index contributed by atoms with van der Waals surface area (Å²) >= 11 is 6.20. The van der Waals surface area contributed by atoms with Crippen LogP contribution < -0.4 is 5.32 Å². The molecule has 0 spiro atoms. The van der Waals surface area contributed by atoms with Gasteiger partial charge in [0.05, 0.1) is 15.6 Å². The average molecular weight is 472 g/mol. The Kier molecular flexibility index (Phi) is 7.79. The van der Waals surface area contributed by atoms with Crippen molar-refractivity contribution in [2.45, 2.75) is 24.2 Å². The maximum absolute atomic E-state index is 12.8. The lowest BCUT2D eigenvalue weighted by molar-refractivity contribution is -0.116. The van der Waals surface area contributed by atoms with E-state index < -0.39 is 10.0 Å². The number of piperazine rings is 1. The van der Waals surface area contributed by atoms with E-state index in [1.807, 2.05) is 0 Å². The number of amides is 3. The predicted octanol–water partition coefficient (Wildman–Crippen LogP) is 1.75. The molecule has 31 heavy (non-hydrogen) atoms. The van der Waals surface area contributed by atoms with Gasteiger partial charge in [0.2, 0.25) is 15.9 Å². The first kappa shape index (κ1) is 23.8. The number of sulfonamides is 1. The number of anilines is 1. The van der Waals surface area contributed by atoms with Gasteiger partial charge in [0.15, 0.2) is 0 Å². The van der Waals surface area contributed by atoms with E-state index in [1.54, 1.807) is 23.9 Å². The molecule has 0 unspecified atom stereocenters. The summed E-state index contributed by atoms with van der Waals surface area (Å²) in [6.07, 6.45) is 1.96. The fourth-order valence-electron chi connectivity index (χ4n) is 3.76. The highest BCUT2D eigenvalue weighted by Crippen LogP contribution is 2.28. The quantitative estimate of drug-likeness (QED) is 0.682. The molecule has 0 aromatic heterocycles. The molecule has 11 heteroatoms. The van der Waals surface area contributed by atoms with Crippen molar-refractivity contribution in [3.63, 3.8) is 0 Å². The molecule has 9 nitrogen and oxygen atoms in total. The van der Waals surface area contributed by atoms with Crippen LogP contribution in [0, 0.1) is 0 Å². The summed E-state index contributed by atoms with van der Waals surface area (Å²) in [6, 6.07) is 4.40. The van der Waals surface area contributed by atoms with Crippen molar-refractivity contribution in [2.75, 3.05) is 65.2 Å². The molecule has 0 aliphatic carbocycles. The average Bonchev–Trinajstić information content (AvgIpc) is 3.29. The molecule has 3 amide bonds. The van der Waals surface area contributed by atoms with Crippen LogP contribution in [-0.2, 0) is 14.8 Å². The van der Waals surface area contributed by atoms with E-state index in [0.717, 1.165) is 12.8 Å². The summed E-state index contributed by atoms with van der Waals surface area (Å²) in [7, 11) is -0.119. The maximum atomic E-state index is 12.8. The fraction of sp³-hybridized carbons (Fsp3) is 0.600. The van der Waals surface area contributed by atoms with E-state index in [0.29, 0.717) is 56.5 Å². The Labute approximate surface area is 189 Å². The van der Waals surface area contributed by atoms with Gasteiger partial charge in [-0.1, -0.05) is 11.6 Å². The first-order valence-corrected chi connectivity index (χ1v) is 12.3. The molecule has 2 fully saturated rings. The van der Waals surface area contributed by atoms with Gasteiger partial charge in [-0.2, -0.15) is 4.31 Å². The van der Waals surface area contributed by atoms with Crippen LogP contribution in [0.2, 0.25) is 5.02 Å². The number of hydrogen-bond acceptors (Lipinski definition) is 5. The number of halogens is 1. The van der Waals surface area contributed by atoms with E-state index in [4.69, 9.17) is 11.6 Å². The van der Waals surface area contributed by atoms with Gasteiger partial charge in [0.25, 0.3) is 0 Å². The minimum absolute atomic E-state index is 0.00389. The minimum atomic E-state index is -3.58. The van der Waals surface area contributed by atoms with Crippen LogP contribution in [0.4, 0.5) is 10.5 Å². The van der Waals surface area contributed by atoms with Gasteiger partial charge < -0.3 is 15.1 Å². The molecule has 1 N–H and O–H groups in total. The molecule has 1 aromatic rings. The van der Waals surface area contributed by atoms with Crippen molar-refractivity contribution < 1.29 is 18.0 Å². The molecule has 0 radical (unpaired) electrons. The van der Waals surface area contributed by atoms with Crippen molar-refractivity contribution in [3.8, 4) is 0 Å². The highest BCUT2D eigenvalue weighted by atomic mass is 35.5. The lowest BCUT2D eigenvalue weighted by Gasteiger charge is -2.35. The van der Waals surface area contributed by atoms with Gasteiger partial charge in [0, 0.05) is 66.3 Å². The molecule has 1 aromatic carbocycles. The third kappa shape index (κ3) is 5.88. The van der Waals surface area contributed by atoms with Crippen LogP contribution in [0.5, 0.6) is 0 Å². The van der Waals surface area contributed by atoms with E-state index >= 15 is 0 Å². The third-order valence-corrected chi connectivity index (χ3v) is 7.82. The van der Waals surface area contributed by atoms with Crippen molar-refractivity contribution in [1.82, 2.24) is 19.0 Å². The normalized spacial score (nSPS) is 18.2. The summed E-state index contributed by atoms with van der Waals surface area (Å²) in [6.45, 7) is 4.25. The monoisotopic (exact) mass is 471 g/mol. The van der Waals surface area contributed by atoms with E-state index in [2.05, 4.69) is 10.2 Å². The maximum Gasteiger partial charge on any atom is 0.319 e. The number of nitrogens with one attached hydrogen (secondary N) is 1. The van der Waals surface area contributed by atoms with Crippen LogP contribution in [0.1, 0.15) is 19.3 Å². The Morgan fingerprint density at radius 2 is 1.71 bits per heavy atom. The molecular formula is C20H30ClN5O4S. The van der Waals surface area contributed by atoms with E-state index in [9.17, 15) is 18.0 Å². The Morgan fingerprint density at radius 1 is 1.06 bits per heavy atom. The number of carbonyl (C=O) groups excluding carboxylic acids is 2. The van der Waals surface area contributed by atoms with Crippen molar-refractivity contribution in [3.05, 3.63) is 23.2 Å². The molecular weight excluding hydrogens is 442 g/mol. The summed E-state index contributed by atoms with van der Waals surface area (Å²) < 4.78 is 27.0. The first-order chi connectivity index (χ1) is 14.7. The van der Waals surface area contributed by atoms with Gasteiger partial charge in [0.1, 0.15) is 0 Å². The lowest BCUT2D eigenvalue weighted by Crippen LogP contribution is -2.51. The Balaban J connectivity index is 1.53. The SMILES string of the molecule is CN(C)C(=O)N1CCN(CCC(=O)Nc2cc(S(=O)(=O)N3CCCC3)ccc2Cl)CC1. The second-order valence-corrected chi connectivity index (χ2v) is 10.4. The van der Waals surface area contributed by atoms with E-state index in [-0.39, 0.29) is 23.3 Å². The van der Waals surface area contributed by atoms with E-state index in [1.165, 1.54) is 22.5 Å². The zero-order valence-corrected chi connectivity index (χ0v) is 19.6. The topological polar surface area (TPSA) is 93.3 Å². The molecule has 2 heterocycles. The smallest absolute Gasteiger partial charge is 0.319 e. The van der Waals surface area contributed by atoms with Gasteiger partial charge >= 0.3 is 6.03 Å². The lowest BCUT2D eigenvalue weighted by atomic mass is 10.2. The number of carbonyl (C=O) groups is 2. The van der Waals surface area contributed by atoms with Crippen LogP contribution >= 0.6 is 11.6 Å². The second kappa shape index (κ2) is 10.2. The Hall–Kier alpha value is -1.88. The molecule has 2 aliphatic heterocycles. The number of rotatable bonds is 6. The second-order valence-electron chi connectivity index (χ2n) is 8.06. The highest BCUT2D eigenvalue weighted by Gasteiger charge is 2.28. The predicted molar refractivity (Wildman–Crippen MR) is 120 cm³/mol. The molecule has 2 saturated heterocycles. The summed E-state index contributed by atoms with van der Waals surface area (Å²) in [5.41, 5.74) is 0.299. The number of benzene rings is 1. The van der Waals surface area contributed by atoms with Gasteiger partial charge in [-0.3, -0.25) is 9.69 Å². The molecule has 0 saturated carbocycles. The zero-order valence-electron chi connectivity index (χ0n) is 18.0. The molecule has 172 valence electrons. The fourth-order valence-corrected chi connectivity index (χ4v) is 5.46. The standard InChI is InChI=1S/C20H30ClN5O4S/c1-23(2)20(28)25-13-11-24(12-14-25)10-7-19(27)22-18-15-16(5-6-17(18)21)31(29,30)26-8-3-4-9-26/h5-6,15H,3-4,7-14H2,1-2H3,(H,22,27). The number of nitrogens with zero attached hydrogens (tertiary/aromatic N) is 4. The molecule has 3 rings (SSSR count). The zero-order chi connectivity index (χ0) is 22.6. The van der Waals surface area contributed by atoms with Crippen LogP contribution in [0.15, 0.2) is 23.1 Å². The number of urea groups is 1. The third-order valence-electron chi connectivity index (χ3n) is 5.60. The molecule has 0 bridgehead atoms. The summed E-state index contributed by atoms with van der Waals surface area (Å²) in [5, 5.41) is 3.04. The van der Waals surface area contributed by atoms with Crippen molar-refractivity contribution in [1.29, 1.82) is 0 Å². The van der Waals surface area contributed by atoms with Gasteiger partial charge in [-0.15, -0.1) is 0 Å². The highest BCUT2D eigenvalue weighted by molar-refractivity contribution is 7.89. The molecule has 2 aliphatic rings. The molecule has 0 atom stereocenters. The summed E-state index contributed by atoms with van der Waals surface area (Å²) in [5.74, 6) is -0.232. The van der Waals surface area contributed by atoms with Crippen LogP contribution in [-0.4, -0.2) is 99.3 Å². The van der Waals surface area contributed by atoms with Gasteiger partial charge in [-0.05, 0) is 31.0 Å².